The molecule has 1 aromatic carbocycles. The minimum Gasteiger partial charge on any atom is -0.877 e. The number of hydrogen-bond donors (Lipinski definition) is 0. The summed E-state index contributed by atoms with van der Waals surface area (Å²) >= 11 is 3.28. The molecule has 1 aliphatic carbocycles. The van der Waals surface area contributed by atoms with E-state index in [2.05, 4.69) is 15.9 Å². The van der Waals surface area contributed by atoms with E-state index in [0.717, 1.165) is 16.3 Å². The Bertz CT molecular complexity index is 309. The number of halogens is 1. The van der Waals surface area contributed by atoms with Crippen molar-refractivity contribution in [2.24, 2.45) is 0 Å². The van der Waals surface area contributed by atoms with E-state index in [1.807, 2.05) is 36.4 Å². The second-order valence-electron chi connectivity index (χ2n) is 2.44. The Morgan fingerprint density at radius 2 is 1.93 bits per heavy atom. The SMILES string of the molecule is Brc1ccc[cH-]1.[Fe+2].[O-]C=C1C=CC=C1. The van der Waals surface area contributed by atoms with Crippen LogP contribution < -0.4 is 5.11 Å². The van der Waals surface area contributed by atoms with Crippen LogP contribution in [-0.4, -0.2) is 0 Å². The van der Waals surface area contributed by atoms with Gasteiger partial charge in [0, 0.05) is 0 Å². The standard InChI is InChI=1S/C6H6O.C5H4Br.Fe/c7-5-6-3-1-2-4-6;6-5-3-1-2-4-5;/h1-5,7H;1-4H;/q;-1;+2/p-1. The van der Waals surface area contributed by atoms with Crippen molar-refractivity contribution in [3.63, 3.8) is 0 Å². The summed E-state index contributed by atoms with van der Waals surface area (Å²) in [7, 11) is 0. The second-order valence-corrected chi connectivity index (χ2v) is 3.35. The summed E-state index contributed by atoms with van der Waals surface area (Å²) < 4.78 is 1.16. The van der Waals surface area contributed by atoms with Crippen LogP contribution in [0.15, 0.2) is 64.9 Å². The van der Waals surface area contributed by atoms with Gasteiger partial charge < -0.3 is 5.11 Å². The molecular formula is C11H9BrFeO. The van der Waals surface area contributed by atoms with Crippen molar-refractivity contribution in [3.8, 4) is 0 Å². The number of rotatable bonds is 0. The van der Waals surface area contributed by atoms with Gasteiger partial charge in [0.05, 0.1) is 0 Å². The first-order valence-electron chi connectivity index (χ1n) is 3.87. The van der Waals surface area contributed by atoms with Gasteiger partial charge in [-0.05, 0) is 5.57 Å². The van der Waals surface area contributed by atoms with Crippen LogP contribution in [0.2, 0.25) is 0 Å². The Balaban J connectivity index is 0.000000227. The molecule has 0 unspecified atom stereocenters. The van der Waals surface area contributed by atoms with Crippen molar-refractivity contribution in [2.45, 2.75) is 0 Å². The van der Waals surface area contributed by atoms with Gasteiger partial charge in [0.15, 0.2) is 0 Å². The van der Waals surface area contributed by atoms with E-state index in [0.29, 0.717) is 0 Å². The Labute approximate surface area is 103 Å². The van der Waals surface area contributed by atoms with E-state index in [4.69, 9.17) is 0 Å². The van der Waals surface area contributed by atoms with Crippen LogP contribution >= 0.6 is 15.9 Å². The van der Waals surface area contributed by atoms with Gasteiger partial charge >= 0.3 is 17.1 Å². The van der Waals surface area contributed by atoms with Crippen molar-refractivity contribution in [1.82, 2.24) is 0 Å². The maximum Gasteiger partial charge on any atom is 2.00 e. The molecule has 14 heavy (non-hydrogen) atoms. The fourth-order valence-electron chi connectivity index (χ4n) is 0.818. The first kappa shape index (κ1) is 13.4. The van der Waals surface area contributed by atoms with E-state index in [9.17, 15) is 5.11 Å². The zero-order valence-corrected chi connectivity index (χ0v) is 10.0. The maximum absolute atomic E-state index is 9.87. The molecule has 0 spiro atoms. The second kappa shape index (κ2) is 7.74. The monoisotopic (exact) mass is 292 g/mol. The predicted molar refractivity (Wildman–Crippen MR) is 56.1 cm³/mol. The van der Waals surface area contributed by atoms with E-state index >= 15 is 0 Å². The molecule has 2 rings (SSSR count). The predicted octanol–water partition coefficient (Wildman–Crippen LogP) is 2.52. The van der Waals surface area contributed by atoms with Crippen molar-refractivity contribution in [3.05, 3.63) is 64.9 Å². The van der Waals surface area contributed by atoms with E-state index in [-0.39, 0.29) is 17.1 Å². The van der Waals surface area contributed by atoms with Gasteiger partial charge in [-0.3, -0.25) is 0 Å². The molecule has 0 aromatic heterocycles. The van der Waals surface area contributed by atoms with Crippen LogP contribution in [0.3, 0.4) is 0 Å². The van der Waals surface area contributed by atoms with Crippen LogP contribution in [-0.2, 0) is 17.1 Å². The van der Waals surface area contributed by atoms with E-state index in [1.165, 1.54) is 0 Å². The Morgan fingerprint density at radius 3 is 2.14 bits per heavy atom. The van der Waals surface area contributed by atoms with Gasteiger partial charge in [0.1, 0.15) is 0 Å². The van der Waals surface area contributed by atoms with Gasteiger partial charge in [0.2, 0.25) is 0 Å². The average molecular weight is 293 g/mol. The summed E-state index contributed by atoms with van der Waals surface area (Å²) in [6.07, 6.45) is 8.05. The first-order valence-corrected chi connectivity index (χ1v) is 4.66. The molecule has 0 saturated heterocycles. The smallest absolute Gasteiger partial charge is 0.877 e. The minimum atomic E-state index is 0. The molecule has 0 fully saturated rings. The van der Waals surface area contributed by atoms with Gasteiger partial charge in [-0.15, -0.1) is 10.7 Å². The molecule has 0 radical (unpaired) electrons. The number of hydrogen-bond acceptors (Lipinski definition) is 1. The van der Waals surface area contributed by atoms with E-state index in [1.54, 1.807) is 12.2 Å². The van der Waals surface area contributed by atoms with Crippen LogP contribution in [0.4, 0.5) is 0 Å². The minimum absolute atomic E-state index is 0. The zero-order chi connectivity index (χ0) is 9.52. The molecule has 0 heterocycles. The molecular weight excluding hydrogens is 284 g/mol. The third kappa shape index (κ3) is 5.18. The van der Waals surface area contributed by atoms with Gasteiger partial charge in [-0.2, -0.15) is 18.2 Å². The topological polar surface area (TPSA) is 23.1 Å². The summed E-state index contributed by atoms with van der Waals surface area (Å²) in [5, 5.41) is 9.87. The molecule has 0 atom stereocenters. The molecule has 1 aromatic rings. The summed E-state index contributed by atoms with van der Waals surface area (Å²) in [6.45, 7) is 0. The van der Waals surface area contributed by atoms with Crippen molar-refractivity contribution >= 4 is 15.9 Å². The number of allylic oxidation sites excluding steroid dienone is 5. The fourth-order valence-corrected chi connectivity index (χ4v) is 1.12. The summed E-state index contributed by atoms with van der Waals surface area (Å²) in [5.74, 6) is 0. The van der Waals surface area contributed by atoms with Gasteiger partial charge in [-0.25, -0.2) is 6.07 Å². The zero-order valence-electron chi connectivity index (χ0n) is 7.34. The molecule has 0 N–H and O–H groups in total. The summed E-state index contributed by atoms with van der Waals surface area (Å²) in [4.78, 5) is 0. The molecule has 1 nitrogen and oxygen atoms in total. The fraction of sp³-hybridized carbons (Fsp3) is 0. The summed E-state index contributed by atoms with van der Waals surface area (Å²) in [6, 6.07) is 7.98. The molecule has 1 aliphatic rings. The Hall–Kier alpha value is -0.631. The van der Waals surface area contributed by atoms with Crippen LogP contribution in [0.5, 0.6) is 0 Å². The van der Waals surface area contributed by atoms with Crippen LogP contribution in [0.1, 0.15) is 0 Å². The van der Waals surface area contributed by atoms with Gasteiger partial charge in [0.25, 0.3) is 0 Å². The normalized spacial score (nSPS) is 11.6. The largest absolute Gasteiger partial charge is 2.00 e. The van der Waals surface area contributed by atoms with Crippen molar-refractivity contribution in [2.75, 3.05) is 0 Å². The molecule has 0 saturated carbocycles. The van der Waals surface area contributed by atoms with Gasteiger partial charge in [-0.1, -0.05) is 40.2 Å². The first-order chi connectivity index (χ1) is 6.33. The molecule has 0 amide bonds. The van der Waals surface area contributed by atoms with Crippen molar-refractivity contribution in [1.29, 1.82) is 0 Å². The Morgan fingerprint density at radius 1 is 1.29 bits per heavy atom. The van der Waals surface area contributed by atoms with Crippen LogP contribution in [0, 0.1) is 0 Å². The molecule has 3 heteroatoms. The molecule has 0 bridgehead atoms. The van der Waals surface area contributed by atoms with Crippen molar-refractivity contribution < 1.29 is 22.2 Å². The quantitative estimate of drug-likeness (QED) is 0.409. The summed E-state index contributed by atoms with van der Waals surface area (Å²) in [5.41, 5.74) is 0.750. The molecule has 74 valence electrons. The molecule has 0 aliphatic heterocycles. The third-order valence-corrected chi connectivity index (χ3v) is 1.98. The maximum atomic E-state index is 9.87. The van der Waals surface area contributed by atoms with Crippen LogP contribution in [0.25, 0.3) is 0 Å². The average Bonchev–Trinajstić information content (AvgIpc) is 2.76. The van der Waals surface area contributed by atoms with E-state index < -0.39 is 0 Å². The Kier molecular flexibility index (Phi) is 7.39. The third-order valence-electron chi connectivity index (χ3n) is 1.45.